The molecule has 34 heavy (non-hydrogen) atoms. The molecular weight excluding hydrogens is 453 g/mol. The minimum atomic E-state index is -0.297. The van der Waals surface area contributed by atoms with Gasteiger partial charge in [-0.1, -0.05) is 29.8 Å². The third-order valence-electron chi connectivity index (χ3n) is 6.11. The molecule has 1 unspecified atom stereocenters. The van der Waals surface area contributed by atoms with Crippen LogP contribution in [0.3, 0.4) is 0 Å². The van der Waals surface area contributed by atoms with Crippen molar-refractivity contribution in [3.05, 3.63) is 95.2 Å². The molecule has 0 N–H and O–H groups in total. The first-order valence-electron chi connectivity index (χ1n) is 11.2. The summed E-state index contributed by atoms with van der Waals surface area (Å²) in [5.41, 5.74) is 3.28. The number of carbonyl (C=O) groups excluding carboxylic acids is 1. The number of aromatic nitrogens is 4. The van der Waals surface area contributed by atoms with E-state index < -0.39 is 0 Å². The van der Waals surface area contributed by atoms with E-state index >= 15 is 0 Å². The van der Waals surface area contributed by atoms with E-state index in [1.54, 1.807) is 41.3 Å². The van der Waals surface area contributed by atoms with Crippen LogP contribution < -0.4 is 0 Å². The zero-order valence-corrected chi connectivity index (χ0v) is 19.2. The first-order valence-corrected chi connectivity index (χ1v) is 11.6. The molecule has 172 valence electrons. The zero-order chi connectivity index (χ0) is 23.5. The highest BCUT2D eigenvalue weighted by atomic mass is 35.5. The fourth-order valence-corrected chi connectivity index (χ4v) is 4.57. The number of halogens is 2. The summed E-state index contributed by atoms with van der Waals surface area (Å²) in [7, 11) is 0. The first kappa shape index (κ1) is 22.2. The van der Waals surface area contributed by atoms with Crippen LogP contribution in [0.1, 0.15) is 30.0 Å². The SMILES string of the molecule is O=C(Cc1ccccc1Cl)N1CCCC(c2cc(-c3ccc(F)cc3)nn2-c2ncccn2)C1. The number of likely N-dealkylation sites (tertiary alicyclic amines) is 1. The number of rotatable bonds is 5. The Morgan fingerprint density at radius 2 is 1.82 bits per heavy atom. The average molecular weight is 476 g/mol. The number of hydrogen-bond donors (Lipinski definition) is 0. The van der Waals surface area contributed by atoms with E-state index in [0.29, 0.717) is 29.8 Å². The maximum absolute atomic E-state index is 13.5. The molecule has 1 fully saturated rings. The lowest BCUT2D eigenvalue weighted by atomic mass is 9.93. The van der Waals surface area contributed by atoms with Gasteiger partial charge in [0.1, 0.15) is 5.82 Å². The second-order valence-corrected chi connectivity index (χ2v) is 8.78. The third kappa shape index (κ3) is 4.70. The van der Waals surface area contributed by atoms with Crippen molar-refractivity contribution in [3.8, 4) is 17.2 Å². The van der Waals surface area contributed by atoms with E-state index in [2.05, 4.69) is 9.97 Å². The molecule has 4 aromatic rings. The Hall–Kier alpha value is -3.58. The fourth-order valence-electron chi connectivity index (χ4n) is 4.37. The summed E-state index contributed by atoms with van der Waals surface area (Å²) in [6.07, 6.45) is 5.41. The van der Waals surface area contributed by atoms with Crippen LogP contribution in [0.4, 0.5) is 4.39 Å². The van der Waals surface area contributed by atoms with Gasteiger partial charge in [-0.2, -0.15) is 5.10 Å². The number of hydrogen-bond acceptors (Lipinski definition) is 4. The van der Waals surface area contributed by atoms with Crippen molar-refractivity contribution >= 4 is 17.5 Å². The second-order valence-electron chi connectivity index (χ2n) is 8.37. The van der Waals surface area contributed by atoms with Crippen LogP contribution in [0.5, 0.6) is 0 Å². The Kier molecular flexibility index (Phi) is 6.36. The first-order chi connectivity index (χ1) is 16.6. The Labute approximate surface area is 202 Å². The molecule has 0 saturated carbocycles. The summed E-state index contributed by atoms with van der Waals surface area (Å²) in [5.74, 6) is 0.285. The van der Waals surface area contributed by atoms with E-state index in [1.165, 1.54) is 12.1 Å². The molecule has 2 aromatic heterocycles. The van der Waals surface area contributed by atoms with Crippen molar-refractivity contribution in [1.82, 2.24) is 24.6 Å². The summed E-state index contributed by atoms with van der Waals surface area (Å²) in [6, 6.07) is 17.4. The summed E-state index contributed by atoms with van der Waals surface area (Å²) < 4.78 is 15.2. The maximum atomic E-state index is 13.5. The van der Waals surface area contributed by atoms with Crippen LogP contribution >= 0.6 is 11.6 Å². The van der Waals surface area contributed by atoms with Crippen LogP contribution in [0, 0.1) is 5.82 Å². The number of carbonyl (C=O) groups is 1. The van der Waals surface area contributed by atoms with Crippen LogP contribution in [-0.4, -0.2) is 43.6 Å². The summed E-state index contributed by atoms with van der Waals surface area (Å²) in [6.45, 7) is 1.28. The van der Waals surface area contributed by atoms with Crippen molar-refractivity contribution in [2.75, 3.05) is 13.1 Å². The largest absolute Gasteiger partial charge is 0.342 e. The normalized spacial score (nSPS) is 15.9. The minimum Gasteiger partial charge on any atom is -0.342 e. The van der Waals surface area contributed by atoms with E-state index in [1.807, 2.05) is 29.2 Å². The smallest absolute Gasteiger partial charge is 0.250 e. The summed E-state index contributed by atoms with van der Waals surface area (Å²) in [5, 5.41) is 5.36. The minimum absolute atomic E-state index is 0.0542. The fraction of sp³-hybridized carbons (Fsp3) is 0.231. The van der Waals surface area contributed by atoms with Crippen molar-refractivity contribution in [2.24, 2.45) is 0 Å². The number of piperidine rings is 1. The third-order valence-corrected chi connectivity index (χ3v) is 6.48. The molecule has 6 nitrogen and oxygen atoms in total. The molecule has 1 saturated heterocycles. The lowest BCUT2D eigenvalue weighted by Gasteiger charge is -2.33. The highest BCUT2D eigenvalue weighted by Crippen LogP contribution is 2.32. The topological polar surface area (TPSA) is 63.9 Å². The van der Waals surface area contributed by atoms with Gasteiger partial charge < -0.3 is 4.90 Å². The second kappa shape index (κ2) is 9.73. The highest BCUT2D eigenvalue weighted by Gasteiger charge is 2.29. The Morgan fingerprint density at radius 1 is 1.06 bits per heavy atom. The lowest BCUT2D eigenvalue weighted by Crippen LogP contribution is -2.40. The van der Waals surface area contributed by atoms with Gasteiger partial charge in [-0.15, -0.1) is 0 Å². The number of nitrogens with zero attached hydrogens (tertiary/aromatic N) is 5. The molecule has 1 aliphatic heterocycles. The number of amides is 1. The molecular formula is C26H23ClFN5O. The maximum Gasteiger partial charge on any atom is 0.250 e. The quantitative estimate of drug-likeness (QED) is 0.404. The van der Waals surface area contributed by atoms with E-state index in [4.69, 9.17) is 16.7 Å². The molecule has 1 atom stereocenters. The molecule has 0 aliphatic carbocycles. The van der Waals surface area contributed by atoms with Crippen LogP contribution in [0.25, 0.3) is 17.2 Å². The van der Waals surface area contributed by atoms with Crippen molar-refractivity contribution < 1.29 is 9.18 Å². The molecule has 0 spiro atoms. The Bertz CT molecular complexity index is 1290. The molecule has 1 amide bonds. The van der Waals surface area contributed by atoms with Crippen molar-refractivity contribution in [1.29, 1.82) is 0 Å². The van der Waals surface area contributed by atoms with Crippen LogP contribution in [-0.2, 0) is 11.2 Å². The van der Waals surface area contributed by atoms with Gasteiger partial charge in [-0.3, -0.25) is 4.79 Å². The van der Waals surface area contributed by atoms with Crippen LogP contribution in [0.15, 0.2) is 73.1 Å². The van der Waals surface area contributed by atoms with Gasteiger partial charge in [-0.25, -0.2) is 19.0 Å². The molecule has 0 radical (unpaired) electrons. The standard InChI is InChI=1S/C26H23ClFN5O/c27-22-7-2-1-5-19(22)15-25(34)32-14-3-6-20(17-32)24-16-23(18-8-10-21(28)11-9-18)31-33(24)26-29-12-4-13-30-26/h1-2,4-5,7-13,16,20H,3,6,14-15,17H2. The predicted molar refractivity (Wildman–Crippen MR) is 128 cm³/mol. The van der Waals surface area contributed by atoms with Gasteiger partial charge in [0.15, 0.2) is 0 Å². The average Bonchev–Trinajstić information content (AvgIpc) is 3.32. The molecule has 1 aliphatic rings. The molecule has 3 heterocycles. The van der Waals surface area contributed by atoms with Gasteiger partial charge in [0.2, 0.25) is 5.91 Å². The van der Waals surface area contributed by atoms with Gasteiger partial charge >= 0.3 is 0 Å². The Morgan fingerprint density at radius 3 is 2.59 bits per heavy atom. The summed E-state index contributed by atoms with van der Waals surface area (Å²) in [4.78, 5) is 23.8. The van der Waals surface area contributed by atoms with Gasteiger partial charge in [0.25, 0.3) is 5.95 Å². The highest BCUT2D eigenvalue weighted by molar-refractivity contribution is 6.31. The van der Waals surface area contributed by atoms with E-state index in [-0.39, 0.29) is 24.1 Å². The molecule has 0 bridgehead atoms. The predicted octanol–water partition coefficient (Wildman–Crippen LogP) is 5.07. The van der Waals surface area contributed by atoms with Crippen molar-refractivity contribution in [2.45, 2.75) is 25.2 Å². The van der Waals surface area contributed by atoms with Crippen LogP contribution in [0.2, 0.25) is 5.02 Å². The zero-order valence-electron chi connectivity index (χ0n) is 18.4. The molecule has 8 heteroatoms. The Balaban J connectivity index is 1.44. The van der Waals surface area contributed by atoms with Gasteiger partial charge in [0.05, 0.1) is 17.8 Å². The lowest BCUT2D eigenvalue weighted by molar-refractivity contribution is -0.131. The molecule has 5 rings (SSSR count). The monoisotopic (exact) mass is 475 g/mol. The molecule has 2 aromatic carbocycles. The van der Waals surface area contributed by atoms with E-state index in [9.17, 15) is 9.18 Å². The van der Waals surface area contributed by atoms with Gasteiger partial charge in [0, 0.05) is 42.0 Å². The van der Waals surface area contributed by atoms with Gasteiger partial charge in [-0.05, 0) is 60.9 Å². The summed E-state index contributed by atoms with van der Waals surface area (Å²) >= 11 is 6.27. The number of benzene rings is 2. The van der Waals surface area contributed by atoms with E-state index in [0.717, 1.165) is 29.7 Å². The van der Waals surface area contributed by atoms with Crippen molar-refractivity contribution in [3.63, 3.8) is 0 Å².